The van der Waals surface area contributed by atoms with Crippen molar-refractivity contribution < 1.29 is 30.8 Å². The molecule has 0 atom stereocenters. The van der Waals surface area contributed by atoms with Crippen LogP contribution in [0, 0.1) is 0 Å². The molecule has 9 heteroatoms. The first kappa shape index (κ1) is 16.4. The minimum absolute atomic E-state index is 0.328. The zero-order valence-corrected chi connectivity index (χ0v) is 11.1. The highest BCUT2D eigenvalue weighted by molar-refractivity contribution is 7.91. The number of amides is 1. The Morgan fingerprint density at radius 3 is 2.35 bits per heavy atom. The molecule has 4 nitrogen and oxygen atoms in total. The Morgan fingerprint density at radius 2 is 1.85 bits per heavy atom. The fourth-order valence-corrected chi connectivity index (χ4v) is 2.35. The van der Waals surface area contributed by atoms with Crippen LogP contribution in [-0.2, 0) is 14.6 Å². The van der Waals surface area contributed by atoms with E-state index in [-0.39, 0.29) is 5.75 Å². The predicted octanol–water partition coefficient (Wildman–Crippen LogP) is 2.32. The van der Waals surface area contributed by atoms with Gasteiger partial charge in [0.1, 0.15) is 0 Å². The Morgan fingerprint density at radius 1 is 1.30 bits per heavy atom. The fourth-order valence-electron chi connectivity index (χ4n) is 1.30. The number of sulfone groups is 1. The number of halogens is 4. The van der Waals surface area contributed by atoms with E-state index < -0.39 is 38.7 Å². The van der Waals surface area contributed by atoms with E-state index in [2.05, 4.69) is 0 Å². The van der Waals surface area contributed by atoms with Gasteiger partial charge in [-0.2, -0.15) is 8.78 Å². The summed E-state index contributed by atoms with van der Waals surface area (Å²) in [5.41, 5.74) is -0.459. The Hall–Kier alpha value is -1.64. The minimum Gasteiger partial charge on any atom is -0.319 e. The van der Waals surface area contributed by atoms with E-state index in [4.69, 9.17) is 0 Å². The van der Waals surface area contributed by atoms with Gasteiger partial charge in [-0.15, -0.1) is 0 Å². The molecule has 0 unspecified atom stereocenters. The molecule has 0 aromatic heterocycles. The second-order valence-corrected chi connectivity index (χ2v) is 6.02. The van der Waals surface area contributed by atoms with E-state index in [1.807, 2.05) is 0 Å². The van der Waals surface area contributed by atoms with Crippen LogP contribution in [0.3, 0.4) is 0 Å². The Labute approximate surface area is 112 Å². The van der Waals surface area contributed by atoms with Crippen LogP contribution in [0.2, 0.25) is 0 Å². The number of alkyl halides is 4. The maximum Gasteiger partial charge on any atom is 0.383 e. The molecular weight excluding hydrogens is 302 g/mol. The van der Waals surface area contributed by atoms with E-state index in [1.54, 1.807) is 0 Å². The Bertz CT molecular complexity index is 601. The molecule has 1 aromatic carbocycles. The van der Waals surface area contributed by atoms with Crippen LogP contribution < -0.4 is 5.32 Å². The summed E-state index contributed by atoms with van der Waals surface area (Å²) in [7, 11) is -3.79. The molecule has 0 saturated carbocycles. The van der Waals surface area contributed by atoms with Gasteiger partial charge < -0.3 is 5.32 Å². The standard InChI is InChI=1S/C11H11F4NO3S/c1-2-20(18,19)8-6-4-3-5-7(8)16-10(17)11(14,15)9(12)13/h3-6,9H,2H2,1H3,(H,16,17). The van der Waals surface area contributed by atoms with Gasteiger partial charge in [0.2, 0.25) is 0 Å². The molecule has 0 heterocycles. The average Bonchev–Trinajstić information content (AvgIpc) is 2.38. The van der Waals surface area contributed by atoms with Crippen molar-refractivity contribution in [3.05, 3.63) is 24.3 Å². The van der Waals surface area contributed by atoms with Gasteiger partial charge in [0.25, 0.3) is 0 Å². The molecule has 0 aliphatic heterocycles. The molecule has 0 radical (unpaired) electrons. The lowest BCUT2D eigenvalue weighted by Gasteiger charge is -2.16. The number of carbonyl (C=O) groups is 1. The van der Waals surface area contributed by atoms with Crippen LogP contribution >= 0.6 is 0 Å². The van der Waals surface area contributed by atoms with E-state index >= 15 is 0 Å². The van der Waals surface area contributed by atoms with E-state index in [1.165, 1.54) is 24.4 Å². The van der Waals surface area contributed by atoms with Crippen LogP contribution in [0.25, 0.3) is 0 Å². The quantitative estimate of drug-likeness (QED) is 0.849. The van der Waals surface area contributed by atoms with Crippen molar-refractivity contribution in [3.8, 4) is 0 Å². The number of hydrogen-bond donors (Lipinski definition) is 1. The first-order valence-corrected chi connectivity index (χ1v) is 7.07. The maximum absolute atomic E-state index is 12.8. The van der Waals surface area contributed by atoms with Gasteiger partial charge in [0, 0.05) is 0 Å². The predicted molar refractivity (Wildman–Crippen MR) is 63.7 cm³/mol. The first-order valence-electron chi connectivity index (χ1n) is 5.42. The smallest absolute Gasteiger partial charge is 0.319 e. The molecular formula is C11H11F4NO3S. The molecule has 1 aromatic rings. The lowest BCUT2D eigenvalue weighted by atomic mass is 10.2. The van der Waals surface area contributed by atoms with E-state index in [0.29, 0.717) is 0 Å². The van der Waals surface area contributed by atoms with E-state index in [0.717, 1.165) is 12.1 Å². The summed E-state index contributed by atoms with van der Waals surface area (Å²) < 4.78 is 73.1. The fraction of sp³-hybridized carbons (Fsp3) is 0.364. The maximum atomic E-state index is 12.8. The van der Waals surface area contributed by atoms with Crippen LogP contribution in [0.4, 0.5) is 23.2 Å². The lowest BCUT2D eigenvalue weighted by molar-refractivity contribution is -0.163. The molecule has 0 fully saturated rings. The number of anilines is 1. The molecule has 1 amide bonds. The largest absolute Gasteiger partial charge is 0.383 e. The summed E-state index contributed by atoms with van der Waals surface area (Å²) in [6, 6.07) is 4.74. The van der Waals surface area contributed by atoms with Crippen molar-refractivity contribution in [1.82, 2.24) is 0 Å². The molecule has 20 heavy (non-hydrogen) atoms. The molecule has 0 spiro atoms. The van der Waals surface area contributed by atoms with Crippen molar-refractivity contribution in [2.45, 2.75) is 24.2 Å². The third kappa shape index (κ3) is 3.27. The normalized spacial score (nSPS) is 12.5. The molecule has 112 valence electrons. The highest BCUT2D eigenvalue weighted by atomic mass is 32.2. The zero-order valence-electron chi connectivity index (χ0n) is 10.2. The highest BCUT2D eigenvalue weighted by Crippen LogP contribution is 2.27. The van der Waals surface area contributed by atoms with Gasteiger partial charge in [-0.1, -0.05) is 19.1 Å². The van der Waals surface area contributed by atoms with Crippen LogP contribution in [-0.4, -0.2) is 32.4 Å². The molecule has 0 saturated heterocycles. The number of carbonyl (C=O) groups excluding carboxylic acids is 1. The van der Waals surface area contributed by atoms with Crippen LogP contribution in [0.1, 0.15) is 6.92 Å². The summed E-state index contributed by atoms with van der Waals surface area (Å²) >= 11 is 0. The van der Waals surface area contributed by atoms with Gasteiger partial charge in [-0.3, -0.25) is 4.79 Å². The van der Waals surface area contributed by atoms with Crippen molar-refractivity contribution in [2.75, 3.05) is 11.1 Å². The van der Waals surface area contributed by atoms with Gasteiger partial charge in [0.05, 0.1) is 16.3 Å². The SMILES string of the molecule is CCS(=O)(=O)c1ccccc1NC(=O)C(F)(F)C(F)F. The van der Waals surface area contributed by atoms with Gasteiger partial charge in [-0.25, -0.2) is 17.2 Å². The van der Waals surface area contributed by atoms with Gasteiger partial charge >= 0.3 is 18.3 Å². The second kappa shape index (κ2) is 5.78. The molecule has 0 aliphatic carbocycles. The number of hydrogen-bond acceptors (Lipinski definition) is 3. The van der Waals surface area contributed by atoms with E-state index in [9.17, 15) is 30.8 Å². The first-order chi connectivity index (χ1) is 9.13. The van der Waals surface area contributed by atoms with Crippen molar-refractivity contribution in [1.29, 1.82) is 0 Å². The third-order valence-corrected chi connectivity index (χ3v) is 4.21. The van der Waals surface area contributed by atoms with Crippen molar-refractivity contribution >= 4 is 21.4 Å². The zero-order chi connectivity index (χ0) is 15.6. The number of nitrogens with one attached hydrogen (secondary N) is 1. The number of rotatable bonds is 5. The Balaban J connectivity index is 3.15. The topological polar surface area (TPSA) is 63.2 Å². The van der Waals surface area contributed by atoms with Crippen LogP contribution in [0.15, 0.2) is 29.2 Å². The molecule has 1 N–H and O–H groups in total. The van der Waals surface area contributed by atoms with Crippen LogP contribution in [0.5, 0.6) is 0 Å². The van der Waals surface area contributed by atoms with Crippen molar-refractivity contribution in [3.63, 3.8) is 0 Å². The molecule has 0 aliphatic rings. The Kier molecular flexibility index (Phi) is 4.74. The summed E-state index contributed by atoms with van der Waals surface area (Å²) in [4.78, 5) is 10.7. The molecule has 1 rings (SSSR count). The summed E-state index contributed by atoms with van der Waals surface area (Å²) in [5.74, 6) is -7.49. The van der Waals surface area contributed by atoms with Crippen molar-refractivity contribution in [2.24, 2.45) is 0 Å². The van der Waals surface area contributed by atoms with Gasteiger partial charge in [0.15, 0.2) is 9.84 Å². The number of benzene rings is 1. The highest BCUT2D eigenvalue weighted by Gasteiger charge is 2.49. The monoisotopic (exact) mass is 313 g/mol. The molecule has 0 bridgehead atoms. The summed E-state index contributed by atoms with van der Waals surface area (Å²) in [6.07, 6.45) is -4.18. The third-order valence-electron chi connectivity index (χ3n) is 2.43. The summed E-state index contributed by atoms with van der Waals surface area (Å²) in [5, 5.41) is 1.52. The minimum atomic E-state index is -4.90. The average molecular weight is 313 g/mol. The number of para-hydroxylation sites is 1. The van der Waals surface area contributed by atoms with Gasteiger partial charge in [-0.05, 0) is 12.1 Å². The lowest BCUT2D eigenvalue weighted by Crippen LogP contribution is -2.41. The second-order valence-electron chi connectivity index (χ2n) is 3.78. The summed E-state index contributed by atoms with van der Waals surface area (Å²) in [6.45, 7) is 1.32.